The first kappa shape index (κ1) is 19.7. The molecule has 0 radical (unpaired) electrons. The van der Waals surface area contributed by atoms with Crippen molar-refractivity contribution in [3.05, 3.63) is 69.7 Å². The first-order chi connectivity index (χ1) is 12.8. The zero-order chi connectivity index (χ0) is 19.6. The highest BCUT2D eigenvalue weighted by atomic mass is 32.2. The van der Waals surface area contributed by atoms with Crippen LogP contribution in [0, 0.1) is 27.7 Å². The molecule has 2 aromatic carbocycles. The van der Waals surface area contributed by atoms with Gasteiger partial charge in [0.15, 0.2) is 0 Å². The van der Waals surface area contributed by atoms with Gasteiger partial charge in [0.2, 0.25) is 10.0 Å². The van der Waals surface area contributed by atoms with Gasteiger partial charge in [-0.2, -0.15) is 0 Å². The summed E-state index contributed by atoms with van der Waals surface area (Å²) in [6.07, 6.45) is 0.624. The average molecular weight is 401 g/mol. The Morgan fingerprint density at radius 1 is 1.00 bits per heavy atom. The highest BCUT2D eigenvalue weighted by Gasteiger charge is 2.17. The van der Waals surface area contributed by atoms with Crippen LogP contribution in [0.2, 0.25) is 0 Å². The molecule has 0 aliphatic rings. The summed E-state index contributed by atoms with van der Waals surface area (Å²) in [4.78, 5) is 6.12. The quantitative estimate of drug-likeness (QED) is 0.660. The smallest absolute Gasteiger partial charge is 0.240 e. The lowest BCUT2D eigenvalue weighted by atomic mass is 10.1. The molecule has 27 heavy (non-hydrogen) atoms. The summed E-state index contributed by atoms with van der Waals surface area (Å²) in [5.74, 6) is 0. The van der Waals surface area contributed by atoms with Crippen molar-refractivity contribution in [2.24, 2.45) is 0 Å². The lowest BCUT2D eigenvalue weighted by molar-refractivity contribution is 0.581. The van der Waals surface area contributed by atoms with Crippen molar-refractivity contribution in [2.45, 2.75) is 39.0 Å². The number of rotatable bonds is 6. The van der Waals surface area contributed by atoms with Gasteiger partial charge in [-0.15, -0.1) is 11.3 Å². The minimum Gasteiger partial charge on any atom is -0.241 e. The van der Waals surface area contributed by atoms with Gasteiger partial charge < -0.3 is 0 Å². The SMILES string of the molecule is Cc1cccc(-c2nc(C)c(CCNS(=O)(=O)c3cc(C)ccc3C)s2)c1. The highest BCUT2D eigenvalue weighted by molar-refractivity contribution is 7.89. The maximum atomic E-state index is 12.6. The van der Waals surface area contributed by atoms with E-state index in [-0.39, 0.29) is 0 Å². The monoisotopic (exact) mass is 400 g/mol. The van der Waals surface area contributed by atoms with Crippen LogP contribution in [-0.2, 0) is 16.4 Å². The molecule has 3 rings (SSSR count). The molecular weight excluding hydrogens is 376 g/mol. The predicted molar refractivity (Wildman–Crippen MR) is 112 cm³/mol. The van der Waals surface area contributed by atoms with Gasteiger partial charge in [-0.1, -0.05) is 35.9 Å². The molecule has 3 aromatic rings. The molecule has 0 saturated carbocycles. The topological polar surface area (TPSA) is 59.1 Å². The van der Waals surface area contributed by atoms with Gasteiger partial charge in [0.1, 0.15) is 5.01 Å². The summed E-state index contributed by atoms with van der Waals surface area (Å²) in [5.41, 5.74) is 4.95. The molecule has 0 saturated heterocycles. The predicted octanol–water partition coefficient (Wildman–Crippen LogP) is 4.56. The summed E-state index contributed by atoms with van der Waals surface area (Å²) in [6, 6.07) is 13.7. The normalized spacial score (nSPS) is 11.7. The van der Waals surface area contributed by atoms with Gasteiger partial charge in [0.05, 0.1) is 10.6 Å². The van der Waals surface area contributed by atoms with E-state index < -0.39 is 10.0 Å². The molecule has 1 N–H and O–H groups in total. The Labute approximate surface area is 165 Å². The Bertz CT molecular complexity index is 1070. The Morgan fingerprint density at radius 2 is 1.74 bits per heavy atom. The van der Waals surface area contributed by atoms with Crippen molar-refractivity contribution in [1.29, 1.82) is 0 Å². The number of benzene rings is 2. The minimum atomic E-state index is -3.51. The summed E-state index contributed by atoms with van der Waals surface area (Å²) in [7, 11) is -3.51. The molecule has 1 heterocycles. The van der Waals surface area contributed by atoms with Crippen molar-refractivity contribution < 1.29 is 8.42 Å². The van der Waals surface area contributed by atoms with Gasteiger partial charge in [-0.25, -0.2) is 18.1 Å². The van der Waals surface area contributed by atoms with Crippen LogP contribution in [-0.4, -0.2) is 19.9 Å². The summed E-state index contributed by atoms with van der Waals surface area (Å²) in [6.45, 7) is 8.10. The lowest BCUT2D eigenvalue weighted by Crippen LogP contribution is -2.26. The number of hydrogen-bond donors (Lipinski definition) is 1. The third-order valence-corrected chi connectivity index (χ3v) is 7.30. The summed E-state index contributed by atoms with van der Waals surface area (Å²) >= 11 is 1.63. The van der Waals surface area contributed by atoms with E-state index in [9.17, 15) is 8.42 Å². The van der Waals surface area contributed by atoms with Crippen LogP contribution in [0.5, 0.6) is 0 Å². The highest BCUT2D eigenvalue weighted by Crippen LogP contribution is 2.28. The first-order valence-electron chi connectivity index (χ1n) is 8.86. The fourth-order valence-corrected chi connectivity index (χ4v) is 5.35. The standard InChI is InChI=1S/C21H24N2O2S2/c1-14-6-5-7-18(12-14)21-23-17(4)19(26-21)10-11-22-27(24,25)20-13-15(2)8-9-16(20)3/h5-9,12-13,22H,10-11H2,1-4H3. The van der Waals surface area contributed by atoms with Crippen LogP contribution in [0.3, 0.4) is 0 Å². The van der Waals surface area contributed by atoms with Crippen LogP contribution in [0.15, 0.2) is 47.4 Å². The van der Waals surface area contributed by atoms with E-state index in [0.29, 0.717) is 17.9 Å². The van der Waals surface area contributed by atoms with Crippen LogP contribution in [0.4, 0.5) is 0 Å². The minimum absolute atomic E-state index is 0.351. The van der Waals surface area contributed by atoms with Crippen LogP contribution < -0.4 is 4.72 Å². The van der Waals surface area contributed by atoms with Gasteiger partial charge in [0.25, 0.3) is 0 Å². The number of thiazole rings is 1. The van der Waals surface area contributed by atoms with Crippen molar-refractivity contribution in [1.82, 2.24) is 9.71 Å². The van der Waals surface area contributed by atoms with Crippen LogP contribution >= 0.6 is 11.3 Å². The van der Waals surface area contributed by atoms with Gasteiger partial charge in [0, 0.05) is 17.0 Å². The Kier molecular flexibility index (Phi) is 5.79. The second kappa shape index (κ2) is 7.92. The van der Waals surface area contributed by atoms with Crippen molar-refractivity contribution in [3.8, 4) is 10.6 Å². The molecule has 1 aromatic heterocycles. The molecule has 6 heteroatoms. The zero-order valence-corrected chi connectivity index (χ0v) is 17.7. The second-order valence-corrected chi connectivity index (χ2v) is 9.63. The number of aryl methyl sites for hydroxylation is 4. The van der Waals surface area contributed by atoms with Crippen molar-refractivity contribution >= 4 is 21.4 Å². The molecule has 0 aliphatic heterocycles. The molecule has 142 valence electrons. The average Bonchev–Trinajstić information content (AvgIpc) is 2.98. The molecule has 0 amide bonds. The first-order valence-corrected chi connectivity index (χ1v) is 11.2. The lowest BCUT2D eigenvalue weighted by Gasteiger charge is -2.10. The Balaban J connectivity index is 1.71. The molecule has 0 aliphatic carbocycles. The van der Waals surface area contributed by atoms with Crippen LogP contribution in [0.1, 0.15) is 27.3 Å². The van der Waals surface area contributed by atoms with Crippen molar-refractivity contribution in [2.75, 3.05) is 6.54 Å². The Hall–Kier alpha value is -2.02. The van der Waals surface area contributed by atoms with Crippen LogP contribution in [0.25, 0.3) is 10.6 Å². The molecule has 0 bridgehead atoms. The maximum Gasteiger partial charge on any atom is 0.240 e. The second-order valence-electron chi connectivity index (χ2n) is 6.81. The van der Waals surface area contributed by atoms with E-state index in [1.165, 1.54) is 5.56 Å². The number of aromatic nitrogens is 1. The van der Waals surface area contributed by atoms with E-state index in [2.05, 4.69) is 34.8 Å². The van der Waals surface area contributed by atoms with E-state index in [1.807, 2.05) is 39.0 Å². The third kappa shape index (κ3) is 4.64. The molecular formula is C21H24N2O2S2. The fourth-order valence-electron chi connectivity index (χ4n) is 2.94. The number of sulfonamides is 1. The zero-order valence-electron chi connectivity index (χ0n) is 16.0. The summed E-state index contributed by atoms with van der Waals surface area (Å²) < 4.78 is 28.0. The third-order valence-electron chi connectivity index (χ3n) is 4.43. The Morgan fingerprint density at radius 3 is 2.48 bits per heavy atom. The number of hydrogen-bond acceptors (Lipinski definition) is 4. The van der Waals surface area contributed by atoms with E-state index >= 15 is 0 Å². The molecule has 0 fully saturated rings. The van der Waals surface area contributed by atoms with E-state index in [1.54, 1.807) is 17.4 Å². The van der Waals surface area contributed by atoms with E-state index in [4.69, 9.17) is 0 Å². The van der Waals surface area contributed by atoms with Crippen molar-refractivity contribution in [3.63, 3.8) is 0 Å². The molecule has 0 atom stereocenters. The number of nitrogens with zero attached hydrogens (tertiary/aromatic N) is 1. The largest absolute Gasteiger partial charge is 0.241 e. The van der Waals surface area contributed by atoms with Gasteiger partial charge in [-0.05, 0) is 57.4 Å². The fraction of sp³-hybridized carbons (Fsp3) is 0.286. The summed E-state index contributed by atoms with van der Waals surface area (Å²) in [5, 5.41) is 0.976. The molecule has 0 unspecified atom stereocenters. The van der Waals surface area contributed by atoms with Gasteiger partial charge >= 0.3 is 0 Å². The van der Waals surface area contributed by atoms with E-state index in [0.717, 1.165) is 32.3 Å². The number of nitrogens with one attached hydrogen (secondary N) is 1. The van der Waals surface area contributed by atoms with Gasteiger partial charge in [-0.3, -0.25) is 0 Å². The molecule has 4 nitrogen and oxygen atoms in total. The maximum absolute atomic E-state index is 12.6. The molecule has 0 spiro atoms.